The molecule has 1 aromatic carbocycles. The van der Waals surface area contributed by atoms with Crippen molar-refractivity contribution in [3.63, 3.8) is 0 Å². The summed E-state index contributed by atoms with van der Waals surface area (Å²) in [7, 11) is 0. The van der Waals surface area contributed by atoms with Gasteiger partial charge in [0.1, 0.15) is 0 Å². The van der Waals surface area contributed by atoms with Gasteiger partial charge in [0.2, 0.25) is 0 Å². The van der Waals surface area contributed by atoms with Crippen LogP contribution in [0.15, 0.2) is 47.6 Å². The van der Waals surface area contributed by atoms with Crippen LogP contribution in [-0.2, 0) is 10.2 Å². The van der Waals surface area contributed by atoms with Crippen molar-refractivity contribution < 1.29 is 9.90 Å². The summed E-state index contributed by atoms with van der Waals surface area (Å²) < 4.78 is 0. The molecule has 112 valence electrons. The maximum atomic E-state index is 11.0. The SMILES string of the molecule is CC1=Nc2ccccc2-c2cccnc2C1(C)CCC(=O)O. The van der Waals surface area contributed by atoms with Gasteiger partial charge in [-0.05, 0) is 32.4 Å². The summed E-state index contributed by atoms with van der Waals surface area (Å²) in [5, 5.41) is 9.08. The Balaban J connectivity index is 2.23. The van der Waals surface area contributed by atoms with Gasteiger partial charge in [0, 0.05) is 34.9 Å². The summed E-state index contributed by atoms with van der Waals surface area (Å²) in [5.41, 5.74) is 4.32. The van der Waals surface area contributed by atoms with Crippen LogP contribution in [0.4, 0.5) is 5.69 Å². The summed E-state index contributed by atoms with van der Waals surface area (Å²) in [6.45, 7) is 3.99. The molecule has 1 aliphatic heterocycles. The molecule has 2 heterocycles. The van der Waals surface area contributed by atoms with E-state index in [1.165, 1.54) is 0 Å². The number of carboxylic acids is 1. The molecule has 0 aliphatic carbocycles. The van der Waals surface area contributed by atoms with Crippen LogP contribution in [0.1, 0.15) is 32.4 Å². The Hall–Kier alpha value is -2.49. The minimum atomic E-state index is -0.798. The third kappa shape index (κ3) is 2.30. The van der Waals surface area contributed by atoms with Crippen molar-refractivity contribution in [1.29, 1.82) is 0 Å². The second kappa shape index (κ2) is 5.37. The zero-order chi connectivity index (χ0) is 15.7. The minimum Gasteiger partial charge on any atom is -0.481 e. The highest BCUT2D eigenvalue weighted by Crippen LogP contribution is 2.43. The van der Waals surface area contributed by atoms with Crippen LogP contribution in [0, 0.1) is 0 Å². The normalized spacial score (nSPS) is 19.6. The monoisotopic (exact) mass is 294 g/mol. The van der Waals surface area contributed by atoms with Crippen LogP contribution in [-0.4, -0.2) is 21.8 Å². The fourth-order valence-electron chi connectivity index (χ4n) is 2.99. The number of carboxylic acid groups (broad SMARTS) is 1. The second-order valence-electron chi connectivity index (χ2n) is 5.84. The molecule has 4 heteroatoms. The number of aliphatic carboxylic acids is 1. The predicted octanol–water partition coefficient (Wildman–Crippen LogP) is 3.98. The fraction of sp³-hybridized carbons (Fsp3) is 0.278. The zero-order valence-electron chi connectivity index (χ0n) is 12.7. The Morgan fingerprint density at radius 2 is 1.91 bits per heavy atom. The van der Waals surface area contributed by atoms with Crippen LogP contribution in [0.25, 0.3) is 11.1 Å². The topological polar surface area (TPSA) is 62.5 Å². The number of pyridine rings is 1. The van der Waals surface area contributed by atoms with Crippen molar-refractivity contribution in [3.05, 3.63) is 48.3 Å². The predicted molar refractivity (Wildman–Crippen MR) is 86.7 cm³/mol. The van der Waals surface area contributed by atoms with Gasteiger partial charge in [-0.15, -0.1) is 0 Å². The molecule has 22 heavy (non-hydrogen) atoms. The van der Waals surface area contributed by atoms with Gasteiger partial charge in [-0.25, -0.2) is 0 Å². The van der Waals surface area contributed by atoms with Gasteiger partial charge in [-0.2, -0.15) is 0 Å². The first-order chi connectivity index (χ1) is 10.5. The highest BCUT2D eigenvalue weighted by atomic mass is 16.4. The lowest BCUT2D eigenvalue weighted by atomic mass is 9.76. The number of fused-ring (bicyclic) bond motifs is 3. The molecule has 0 saturated heterocycles. The summed E-state index contributed by atoms with van der Waals surface area (Å²) in [5.74, 6) is -0.798. The van der Waals surface area contributed by atoms with Crippen LogP contribution in [0.3, 0.4) is 0 Å². The first-order valence-corrected chi connectivity index (χ1v) is 7.35. The molecule has 0 spiro atoms. The Bertz CT molecular complexity index is 767. The molecule has 0 saturated carbocycles. The van der Waals surface area contributed by atoms with Crippen LogP contribution in [0.2, 0.25) is 0 Å². The maximum Gasteiger partial charge on any atom is 0.303 e. The van der Waals surface area contributed by atoms with Crippen molar-refractivity contribution in [3.8, 4) is 11.1 Å². The Morgan fingerprint density at radius 1 is 1.18 bits per heavy atom. The lowest BCUT2D eigenvalue weighted by Gasteiger charge is -2.29. The first-order valence-electron chi connectivity index (χ1n) is 7.35. The number of nitrogens with zero attached hydrogens (tertiary/aromatic N) is 2. The Labute approximate surface area is 129 Å². The molecule has 4 nitrogen and oxygen atoms in total. The summed E-state index contributed by atoms with van der Waals surface area (Å²) in [6.07, 6.45) is 2.34. The van der Waals surface area contributed by atoms with Gasteiger partial charge < -0.3 is 5.11 Å². The lowest BCUT2D eigenvalue weighted by Crippen LogP contribution is -2.32. The molecular weight excluding hydrogens is 276 g/mol. The van der Waals surface area contributed by atoms with E-state index in [4.69, 9.17) is 10.1 Å². The lowest BCUT2D eigenvalue weighted by molar-refractivity contribution is -0.137. The molecule has 1 unspecified atom stereocenters. The molecule has 0 bridgehead atoms. The number of aromatic nitrogens is 1. The summed E-state index contributed by atoms with van der Waals surface area (Å²) in [4.78, 5) is 20.4. The average molecular weight is 294 g/mol. The quantitative estimate of drug-likeness (QED) is 0.931. The number of aliphatic imine (C=N–C) groups is 1. The largest absolute Gasteiger partial charge is 0.481 e. The molecule has 0 radical (unpaired) electrons. The van der Waals surface area contributed by atoms with Crippen LogP contribution in [0.5, 0.6) is 0 Å². The minimum absolute atomic E-state index is 0.0930. The molecule has 1 aliphatic rings. The molecule has 2 aromatic rings. The van der Waals surface area contributed by atoms with Gasteiger partial charge in [0.05, 0.1) is 11.4 Å². The van der Waals surface area contributed by atoms with E-state index in [2.05, 4.69) is 4.98 Å². The fourth-order valence-corrected chi connectivity index (χ4v) is 2.99. The molecule has 1 atom stereocenters. The van der Waals surface area contributed by atoms with E-state index in [0.29, 0.717) is 6.42 Å². The molecule has 0 fully saturated rings. The smallest absolute Gasteiger partial charge is 0.303 e. The van der Waals surface area contributed by atoms with Gasteiger partial charge in [-0.3, -0.25) is 14.8 Å². The number of hydrogen-bond acceptors (Lipinski definition) is 3. The maximum absolute atomic E-state index is 11.0. The van der Waals surface area contributed by atoms with Crippen LogP contribution < -0.4 is 0 Å². The molecule has 1 N–H and O–H groups in total. The molecule has 0 amide bonds. The van der Waals surface area contributed by atoms with Crippen molar-refractivity contribution in [2.75, 3.05) is 0 Å². The van der Waals surface area contributed by atoms with Gasteiger partial charge >= 0.3 is 5.97 Å². The number of benzene rings is 1. The third-order valence-electron chi connectivity index (χ3n) is 4.45. The van der Waals surface area contributed by atoms with E-state index in [9.17, 15) is 4.79 Å². The van der Waals surface area contributed by atoms with E-state index >= 15 is 0 Å². The van der Waals surface area contributed by atoms with E-state index in [1.54, 1.807) is 6.20 Å². The summed E-state index contributed by atoms with van der Waals surface area (Å²) in [6, 6.07) is 11.9. The molecular formula is C18H18N2O2. The number of rotatable bonds is 3. The van der Waals surface area contributed by atoms with Gasteiger partial charge in [0.15, 0.2) is 0 Å². The number of carbonyl (C=O) groups is 1. The van der Waals surface area contributed by atoms with Crippen molar-refractivity contribution in [2.24, 2.45) is 4.99 Å². The average Bonchev–Trinajstić information content (AvgIpc) is 2.61. The standard InChI is InChI=1S/C18H18N2O2/c1-12-18(2,10-9-16(21)22)17-14(7-5-11-19-17)13-6-3-4-8-15(13)20-12/h3-8,11H,9-10H2,1-2H3,(H,21,22). The van der Waals surface area contributed by atoms with E-state index in [0.717, 1.165) is 28.2 Å². The number of para-hydroxylation sites is 1. The molecule has 1 aromatic heterocycles. The Morgan fingerprint density at radius 3 is 2.68 bits per heavy atom. The van der Waals surface area contributed by atoms with Gasteiger partial charge in [0.25, 0.3) is 0 Å². The van der Waals surface area contributed by atoms with Crippen molar-refractivity contribution in [2.45, 2.75) is 32.1 Å². The first kappa shape index (κ1) is 14.4. The van der Waals surface area contributed by atoms with E-state index in [1.807, 2.05) is 50.2 Å². The van der Waals surface area contributed by atoms with Crippen molar-refractivity contribution in [1.82, 2.24) is 4.98 Å². The Kier molecular flexibility index (Phi) is 3.53. The zero-order valence-corrected chi connectivity index (χ0v) is 12.7. The van der Waals surface area contributed by atoms with Gasteiger partial charge in [-0.1, -0.05) is 24.3 Å². The third-order valence-corrected chi connectivity index (χ3v) is 4.45. The summed E-state index contributed by atoms with van der Waals surface area (Å²) >= 11 is 0. The van der Waals surface area contributed by atoms with E-state index < -0.39 is 11.4 Å². The second-order valence-corrected chi connectivity index (χ2v) is 5.84. The van der Waals surface area contributed by atoms with Crippen LogP contribution >= 0.6 is 0 Å². The highest BCUT2D eigenvalue weighted by molar-refractivity contribution is 6.00. The van der Waals surface area contributed by atoms with E-state index in [-0.39, 0.29) is 6.42 Å². The molecule has 3 rings (SSSR count). The number of hydrogen-bond donors (Lipinski definition) is 1. The van der Waals surface area contributed by atoms with Crippen molar-refractivity contribution >= 4 is 17.4 Å². The highest BCUT2D eigenvalue weighted by Gasteiger charge is 2.36.